The summed E-state index contributed by atoms with van der Waals surface area (Å²) in [6.07, 6.45) is 3.35. The van der Waals surface area contributed by atoms with Crippen LogP contribution in [0.5, 0.6) is 5.75 Å². The molecule has 0 unspecified atom stereocenters. The van der Waals surface area contributed by atoms with Crippen LogP contribution in [0.2, 0.25) is 0 Å². The fraction of sp³-hybridized carbons (Fsp3) is 0.423. The molecule has 32 heavy (non-hydrogen) atoms. The van der Waals surface area contributed by atoms with Crippen molar-refractivity contribution in [2.75, 3.05) is 40.0 Å². The highest BCUT2D eigenvalue weighted by atomic mass is 16.5. The molecular formula is C26H30N2O4. The second-order valence-corrected chi connectivity index (χ2v) is 8.63. The molecule has 0 radical (unpaired) electrons. The van der Waals surface area contributed by atoms with E-state index in [4.69, 9.17) is 13.9 Å². The molecule has 6 heteroatoms. The van der Waals surface area contributed by atoms with Crippen molar-refractivity contribution < 1.29 is 13.9 Å². The van der Waals surface area contributed by atoms with Gasteiger partial charge in [0.05, 0.1) is 20.3 Å². The Kier molecular flexibility index (Phi) is 6.26. The molecule has 1 fully saturated rings. The average molecular weight is 435 g/mol. The molecule has 2 aliphatic rings. The molecule has 1 aliphatic carbocycles. The maximum atomic E-state index is 12.2. The van der Waals surface area contributed by atoms with Gasteiger partial charge in [0.1, 0.15) is 11.3 Å². The Labute approximate surface area is 188 Å². The summed E-state index contributed by atoms with van der Waals surface area (Å²) in [4.78, 5) is 14.7. The first kappa shape index (κ1) is 21.2. The average Bonchev–Trinajstić information content (AvgIpc) is 3.28. The minimum atomic E-state index is -0.285. The third kappa shape index (κ3) is 4.44. The molecular weight excluding hydrogens is 404 g/mol. The van der Waals surface area contributed by atoms with E-state index in [0.29, 0.717) is 12.1 Å². The number of hydrogen-bond donors (Lipinski definition) is 1. The lowest BCUT2D eigenvalue weighted by Crippen LogP contribution is -2.42. The SMILES string of the molecule is COc1ccc([C@H](CNCc2cc(=O)oc3cc4c(cc23)CCC4)N2CCOCC2)cc1. The molecule has 5 rings (SSSR count). The van der Waals surface area contributed by atoms with Crippen LogP contribution in [-0.4, -0.2) is 44.9 Å². The molecule has 1 N–H and O–H groups in total. The molecule has 0 spiro atoms. The van der Waals surface area contributed by atoms with Gasteiger partial charge in [-0.05, 0) is 65.8 Å². The van der Waals surface area contributed by atoms with E-state index in [1.807, 2.05) is 12.1 Å². The minimum absolute atomic E-state index is 0.223. The molecule has 6 nitrogen and oxygen atoms in total. The fourth-order valence-corrected chi connectivity index (χ4v) is 4.96. The Morgan fingerprint density at radius 2 is 1.81 bits per heavy atom. The number of methoxy groups -OCH3 is 1. The summed E-state index contributed by atoms with van der Waals surface area (Å²) in [6.45, 7) is 4.71. The van der Waals surface area contributed by atoms with Crippen LogP contribution >= 0.6 is 0 Å². The predicted molar refractivity (Wildman–Crippen MR) is 124 cm³/mol. The summed E-state index contributed by atoms with van der Waals surface area (Å²) in [6, 6.07) is 14.4. The lowest BCUT2D eigenvalue weighted by Gasteiger charge is -2.35. The van der Waals surface area contributed by atoms with Gasteiger partial charge in [0, 0.05) is 43.7 Å². The molecule has 0 bridgehead atoms. The van der Waals surface area contributed by atoms with Crippen LogP contribution in [0.4, 0.5) is 0 Å². The van der Waals surface area contributed by atoms with Crippen LogP contribution < -0.4 is 15.7 Å². The number of hydrogen-bond acceptors (Lipinski definition) is 6. The number of nitrogens with one attached hydrogen (secondary N) is 1. The molecule has 3 aromatic rings. The zero-order chi connectivity index (χ0) is 21.9. The van der Waals surface area contributed by atoms with Crippen molar-refractivity contribution in [3.63, 3.8) is 0 Å². The van der Waals surface area contributed by atoms with Gasteiger partial charge in [-0.1, -0.05) is 12.1 Å². The lowest BCUT2D eigenvalue weighted by molar-refractivity contribution is 0.0161. The van der Waals surface area contributed by atoms with E-state index in [0.717, 1.165) is 62.4 Å². The molecule has 1 saturated heterocycles. The Balaban J connectivity index is 1.36. The summed E-state index contributed by atoms with van der Waals surface area (Å²) in [5.74, 6) is 0.859. The van der Waals surface area contributed by atoms with Crippen molar-refractivity contribution >= 4 is 11.0 Å². The Bertz CT molecular complexity index is 1130. The zero-order valence-corrected chi connectivity index (χ0v) is 18.6. The molecule has 2 aromatic carbocycles. The van der Waals surface area contributed by atoms with Crippen LogP contribution in [0.25, 0.3) is 11.0 Å². The van der Waals surface area contributed by atoms with E-state index in [1.165, 1.54) is 23.1 Å². The highest BCUT2D eigenvalue weighted by Gasteiger charge is 2.23. The molecule has 1 atom stereocenters. The van der Waals surface area contributed by atoms with Gasteiger partial charge in [-0.15, -0.1) is 0 Å². The molecule has 0 saturated carbocycles. The third-order valence-corrected chi connectivity index (χ3v) is 6.68. The quantitative estimate of drug-likeness (QED) is 0.575. The van der Waals surface area contributed by atoms with E-state index in [2.05, 4.69) is 34.5 Å². The molecule has 2 heterocycles. The maximum absolute atomic E-state index is 12.2. The van der Waals surface area contributed by atoms with Crippen LogP contribution in [0.3, 0.4) is 0 Å². The molecule has 1 aromatic heterocycles. The first-order valence-electron chi connectivity index (χ1n) is 11.5. The second-order valence-electron chi connectivity index (χ2n) is 8.63. The Morgan fingerprint density at radius 1 is 1.06 bits per heavy atom. The topological polar surface area (TPSA) is 63.9 Å². The third-order valence-electron chi connectivity index (χ3n) is 6.68. The van der Waals surface area contributed by atoms with Gasteiger partial charge < -0.3 is 19.2 Å². The number of ether oxygens (including phenoxy) is 2. The summed E-state index contributed by atoms with van der Waals surface area (Å²) in [5, 5.41) is 4.67. The van der Waals surface area contributed by atoms with E-state index in [1.54, 1.807) is 13.2 Å². The van der Waals surface area contributed by atoms with Gasteiger partial charge >= 0.3 is 5.63 Å². The standard InChI is InChI=1S/C26H30N2O4/c1-30-22-7-5-18(6-8-22)24(28-9-11-31-12-10-28)17-27-16-21-15-26(29)32-25-14-20-4-2-3-19(20)13-23(21)25/h5-8,13-15,24,27H,2-4,9-12,16-17H2,1H3/t24-/m0/s1. The van der Waals surface area contributed by atoms with Gasteiger partial charge in [0.15, 0.2) is 0 Å². The smallest absolute Gasteiger partial charge is 0.336 e. The number of benzene rings is 2. The van der Waals surface area contributed by atoms with Crippen molar-refractivity contribution in [2.45, 2.75) is 31.8 Å². The number of fused-ring (bicyclic) bond motifs is 2. The summed E-state index contributed by atoms with van der Waals surface area (Å²) in [5.41, 5.74) is 5.37. The number of nitrogens with zero attached hydrogens (tertiary/aromatic N) is 1. The normalized spacial score (nSPS) is 17.4. The maximum Gasteiger partial charge on any atom is 0.336 e. The number of morpholine rings is 1. The fourth-order valence-electron chi connectivity index (χ4n) is 4.96. The zero-order valence-electron chi connectivity index (χ0n) is 18.6. The first-order valence-corrected chi connectivity index (χ1v) is 11.5. The van der Waals surface area contributed by atoms with Gasteiger partial charge in [-0.3, -0.25) is 4.90 Å². The Hall–Kier alpha value is -2.67. The largest absolute Gasteiger partial charge is 0.497 e. The van der Waals surface area contributed by atoms with E-state index in [-0.39, 0.29) is 11.7 Å². The van der Waals surface area contributed by atoms with Crippen LogP contribution in [0, 0.1) is 0 Å². The van der Waals surface area contributed by atoms with Gasteiger partial charge in [0.25, 0.3) is 0 Å². The monoisotopic (exact) mass is 434 g/mol. The number of aryl methyl sites for hydroxylation is 2. The van der Waals surface area contributed by atoms with Crippen molar-refractivity contribution in [3.05, 3.63) is 75.1 Å². The van der Waals surface area contributed by atoms with Gasteiger partial charge in [-0.25, -0.2) is 4.79 Å². The van der Waals surface area contributed by atoms with E-state index in [9.17, 15) is 4.79 Å². The molecule has 0 amide bonds. The van der Waals surface area contributed by atoms with Crippen molar-refractivity contribution in [2.24, 2.45) is 0 Å². The van der Waals surface area contributed by atoms with Gasteiger partial charge in [0.2, 0.25) is 0 Å². The highest BCUT2D eigenvalue weighted by Crippen LogP contribution is 2.29. The predicted octanol–water partition coefficient (Wildman–Crippen LogP) is 3.45. The van der Waals surface area contributed by atoms with Crippen LogP contribution in [-0.2, 0) is 24.1 Å². The summed E-state index contributed by atoms with van der Waals surface area (Å²) >= 11 is 0. The summed E-state index contributed by atoms with van der Waals surface area (Å²) in [7, 11) is 1.69. The lowest BCUT2D eigenvalue weighted by atomic mass is 10.0. The van der Waals surface area contributed by atoms with Crippen molar-refractivity contribution in [1.82, 2.24) is 10.2 Å². The van der Waals surface area contributed by atoms with Gasteiger partial charge in [-0.2, -0.15) is 0 Å². The van der Waals surface area contributed by atoms with E-state index < -0.39 is 0 Å². The van der Waals surface area contributed by atoms with Crippen LogP contribution in [0.1, 0.15) is 34.7 Å². The van der Waals surface area contributed by atoms with E-state index >= 15 is 0 Å². The van der Waals surface area contributed by atoms with Crippen molar-refractivity contribution in [3.8, 4) is 5.75 Å². The minimum Gasteiger partial charge on any atom is -0.497 e. The van der Waals surface area contributed by atoms with Crippen LogP contribution in [0.15, 0.2) is 51.7 Å². The molecule has 168 valence electrons. The first-order chi connectivity index (χ1) is 15.7. The summed E-state index contributed by atoms with van der Waals surface area (Å²) < 4.78 is 16.4. The van der Waals surface area contributed by atoms with Crippen molar-refractivity contribution in [1.29, 1.82) is 0 Å². The highest BCUT2D eigenvalue weighted by molar-refractivity contribution is 5.82. The molecule has 1 aliphatic heterocycles. The Morgan fingerprint density at radius 3 is 2.56 bits per heavy atom. The number of rotatable bonds is 7. The second kappa shape index (κ2) is 9.45.